The highest BCUT2D eigenvalue weighted by atomic mass is 32.1. The lowest BCUT2D eigenvalue weighted by Gasteiger charge is -2.08. The number of rotatable bonds is 10. The van der Waals surface area contributed by atoms with Crippen LogP contribution >= 0.6 is 11.3 Å². The number of hydrogen-bond acceptors (Lipinski definition) is 6. The minimum atomic E-state index is -0.585. The Hall–Kier alpha value is -5.33. The lowest BCUT2D eigenvalue weighted by Crippen LogP contribution is -2.13. The Bertz CT molecular complexity index is 2070. The Labute approximate surface area is 258 Å². The van der Waals surface area contributed by atoms with E-state index in [0.29, 0.717) is 5.69 Å². The van der Waals surface area contributed by atoms with Crippen LogP contribution in [0, 0.1) is 21.4 Å². The third-order valence-corrected chi connectivity index (χ3v) is 8.76. The van der Waals surface area contributed by atoms with Gasteiger partial charge in [0, 0.05) is 51.7 Å². The first-order chi connectivity index (χ1) is 21.4. The van der Waals surface area contributed by atoms with E-state index in [1.54, 1.807) is 17.4 Å². The van der Waals surface area contributed by atoms with Crippen molar-refractivity contribution >= 4 is 66.7 Å². The van der Waals surface area contributed by atoms with Crippen molar-refractivity contribution < 1.29 is 9.72 Å². The normalized spacial score (nSPS) is 11.7. The molecule has 6 aromatic rings. The van der Waals surface area contributed by atoms with E-state index >= 15 is 0 Å². The van der Waals surface area contributed by atoms with Crippen LogP contribution in [-0.2, 0) is 11.3 Å². The van der Waals surface area contributed by atoms with Gasteiger partial charge in [-0.25, -0.2) is 4.98 Å². The number of carbonyl (C=O) groups excluding carboxylic acids is 1. The summed E-state index contributed by atoms with van der Waals surface area (Å²) >= 11 is 1.67. The molecule has 0 saturated heterocycles. The van der Waals surface area contributed by atoms with Crippen molar-refractivity contribution in [3.63, 3.8) is 0 Å². The molecule has 6 rings (SSSR count). The van der Waals surface area contributed by atoms with Crippen LogP contribution in [0.1, 0.15) is 38.2 Å². The third-order valence-electron chi connectivity index (χ3n) is 7.68. The number of nitro benzene ring substituents is 1. The summed E-state index contributed by atoms with van der Waals surface area (Å²) in [6.45, 7) is 3.11. The molecule has 2 aromatic heterocycles. The Balaban J connectivity index is 1.38. The molecule has 44 heavy (non-hydrogen) atoms. The summed E-state index contributed by atoms with van der Waals surface area (Å²) in [4.78, 5) is 28.2. The molecular weight excluding hydrogens is 570 g/mol. The fraction of sp³-hybridized carbons (Fsp3) is 0.171. The van der Waals surface area contributed by atoms with E-state index < -0.39 is 10.8 Å². The summed E-state index contributed by atoms with van der Waals surface area (Å²) in [5, 5.41) is 26.5. The second-order valence-corrected chi connectivity index (χ2v) is 11.7. The predicted molar refractivity (Wildman–Crippen MR) is 178 cm³/mol. The molecule has 0 fully saturated rings. The summed E-state index contributed by atoms with van der Waals surface area (Å²) in [6.07, 6.45) is 6.19. The number of anilines is 1. The van der Waals surface area contributed by atoms with Gasteiger partial charge in [-0.1, -0.05) is 44.4 Å². The highest BCUT2D eigenvalue weighted by Gasteiger charge is 2.16. The highest BCUT2D eigenvalue weighted by Crippen LogP contribution is 2.36. The van der Waals surface area contributed by atoms with Gasteiger partial charge in [-0.05, 0) is 72.7 Å². The fourth-order valence-electron chi connectivity index (χ4n) is 5.46. The minimum absolute atomic E-state index is 0.0684. The SMILES string of the molecule is CCCCCCn1c2ccc(C=C(C#N)C(=O)Nc3ccc([N+](=O)[O-])cc3)cc2c2cc(-c3nc4ccccc4s3)ccc21. The summed E-state index contributed by atoms with van der Waals surface area (Å²) in [5.41, 5.74) is 5.21. The summed E-state index contributed by atoms with van der Waals surface area (Å²) in [7, 11) is 0. The Morgan fingerprint density at radius 1 is 1.00 bits per heavy atom. The van der Waals surface area contributed by atoms with E-state index in [0.717, 1.165) is 67.5 Å². The van der Waals surface area contributed by atoms with Crippen molar-refractivity contribution in [1.82, 2.24) is 9.55 Å². The van der Waals surface area contributed by atoms with Crippen molar-refractivity contribution in [2.45, 2.75) is 39.2 Å². The average molecular weight is 600 g/mol. The Morgan fingerprint density at radius 3 is 2.48 bits per heavy atom. The van der Waals surface area contributed by atoms with E-state index in [-0.39, 0.29) is 11.3 Å². The highest BCUT2D eigenvalue weighted by molar-refractivity contribution is 7.21. The van der Waals surface area contributed by atoms with E-state index in [1.807, 2.05) is 36.4 Å². The van der Waals surface area contributed by atoms with Crippen LogP contribution in [0.25, 0.3) is 48.7 Å². The number of benzene rings is 4. The van der Waals surface area contributed by atoms with Crippen LogP contribution in [0.5, 0.6) is 0 Å². The Morgan fingerprint density at radius 2 is 1.75 bits per heavy atom. The Kier molecular flexibility index (Phi) is 8.17. The van der Waals surface area contributed by atoms with Crippen LogP contribution in [0.2, 0.25) is 0 Å². The number of fused-ring (bicyclic) bond motifs is 4. The van der Waals surface area contributed by atoms with Crippen LogP contribution in [-0.4, -0.2) is 20.4 Å². The molecule has 0 bridgehead atoms. The molecule has 1 amide bonds. The number of carbonyl (C=O) groups is 1. The lowest BCUT2D eigenvalue weighted by molar-refractivity contribution is -0.384. The van der Waals surface area contributed by atoms with Gasteiger partial charge in [-0.2, -0.15) is 5.26 Å². The van der Waals surface area contributed by atoms with Crippen molar-refractivity contribution in [2.24, 2.45) is 0 Å². The van der Waals surface area contributed by atoms with Gasteiger partial charge in [0.15, 0.2) is 0 Å². The number of unbranched alkanes of at least 4 members (excludes halogenated alkanes) is 3. The molecule has 0 spiro atoms. The number of aromatic nitrogens is 2. The van der Waals surface area contributed by atoms with Gasteiger partial charge < -0.3 is 9.88 Å². The molecule has 0 radical (unpaired) electrons. The quantitative estimate of drug-likeness (QED) is 0.0554. The van der Waals surface area contributed by atoms with Crippen LogP contribution in [0.3, 0.4) is 0 Å². The van der Waals surface area contributed by atoms with Gasteiger partial charge in [0.25, 0.3) is 11.6 Å². The number of non-ortho nitro benzene ring substituents is 1. The molecular formula is C35H29N5O3S. The topological polar surface area (TPSA) is 114 Å². The number of nitrogens with one attached hydrogen (secondary N) is 1. The zero-order chi connectivity index (χ0) is 30.6. The zero-order valence-electron chi connectivity index (χ0n) is 24.1. The number of para-hydroxylation sites is 1. The second kappa shape index (κ2) is 12.5. The molecule has 9 heteroatoms. The molecule has 0 atom stereocenters. The summed E-state index contributed by atoms with van der Waals surface area (Å²) < 4.78 is 3.51. The van der Waals surface area contributed by atoms with Crippen molar-refractivity contribution in [1.29, 1.82) is 5.26 Å². The van der Waals surface area contributed by atoms with Crippen molar-refractivity contribution in [3.05, 3.63) is 106 Å². The molecule has 0 aliphatic heterocycles. The second-order valence-electron chi connectivity index (χ2n) is 10.6. The smallest absolute Gasteiger partial charge is 0.269 e. The van der Waals surface area contributed by atoms with Gasteiger partial charge in [0.2, 0.25) is 0 Å². The number of hydrogen-bond donors (Lipinski definition) is 1. The van der Waals surface area contributed by atoms with E-state index in [9.17, 15) is 20.2 Å². The average Bonchev–Trinajstić information content (AvgIpc) is 3.61. The number of aryl methyl sites for hydroxylation is 1. The maximum absolute atomic E-state index is 12.9. The molecule has 4 aromatic carbocycles. The molecule has 8 nitrogen and oxygen atoms in total. The van der Waals surface area contributed by atoms with E-state index in [2.05, 4.69) is 47.1 Å². The monoisotopic (exact) mass is 599 g/mol. The number of thiazole rings is 1. The standard InChI is InChI=1S/C35H29N5O3S/c1-2-3-4-7-18-39-31-16-10-23(19-25(22-36)34(41)37-26-12-14-27(15-13-26)40(42)43)20-28(31)29-21-24(11-17-32(29)39)35-38-30-8-5-6-9-33(30)44-35/h5-6,8-17,19-21H,2-4,7,18H2,1H3,(H,37,41). The summed E-state index contributed by atoms with van der Waals surface area (Å²) in [6, 6.07) is 28.1. The first kappa shape index (κ1) is 28.8. The first-order valence-corrected chi connectivity index (χ1v) is 15.4. The molecule has 0 saturated carbocycles. The van der Waals surface area contributed by atoms with Gasteiger partial charge in [-0.15, -0.1) is 11.3 Å². The third kappa shape index (κ3) is 5.80. The molecule has 218 valence electrons. The first-order valence-electron chi connectivity index (χ1n) is 14.5. The van der Waals surface area contributed by atoms with E-state index in [1.165, 1.54) is 37.1 Å². The number of nitrogens with zero attached hydrogens (tertiary/aromatic N) is 4. The van der Waals surface area contributed by atoms with Gasteiger partial charge in [-0.3, -0.25) is 14.9 Å². The minimum Gasteiger partial charge on any atom is -0.340 e. The van der Waals surface area contributed by atoms with Crippen LogP contribution in [0.4, 0.5) is 11.4 Å². The maximum atomic E-state index is 12.9. The van der Waals surface area contributed by atoms with E-state index in [4.69, 9.17) is 4.98 Å². The van der Waals surface area contributed by atoms with Crippen LogP contribution < -0.4 is 5.32 Å². The molecule has 0 aliphatic carbocycles. The zero-order valence-corrected chi connectivity index (χ0v) is 24.9. The number of nitriles is 1. The number of nitro groups is 1. The summed E-state index contributed by atoms with van der Waals surface area (Å²) in [5.74, 6) is -0.585. The van der Waals surface area contributed by atoms with Gasteiger partial charge in [0.1, 0.15) is 16.6 Å². The fourth-order valence-corrected chi connectivity index (χ4v) is 6.42. The maximum Gasteiger partial charge on any atom is 0.269 e. The van der Waals surface area contributed by atoms with Crippen molar-refractivity contribution in [2.75, 3.05) is 5.32 Å². The van der Waals surface area contributed by atoms with Crippen molar-refractivity contribution in [3.8, 4) is 16.6 Å². The molecule has 1 N–H and O–H groups in total. The lowest BCUT2D eigenvalue weighted by atomic mass is 10.1. The largest absolute Gasteiger partial charge is 0.340 e. The molecule has 2 heterocycles. The van der Waals surface area contributed by atoms with Crippen LogP contribution in [0.15, 0.2) is 90.5 Å². The predicted octanol–water partition coefficient (Wildman–Crippen LogP) is 9.11. The van der Waals surface area contributed by atoms with Gasteiger partial charge in [0.05, 0.1) is 15.1 Å². The molecule has 0 unspecified atom stereocenters. The molecule has 0 aliphatic rings. The number of amides is 1. The van der Waals surface area contributed by atoms with Gasteiger partial charge >= 0.3 is 0 Å².